The number of halogens is 1. The van der Waals surface area contributed by atoms with Crippen LogP contribution in [0.4, 0.5) is 5.00 Å². The molecule has 2 aromatic rings. The van der Waals surface area contributed by atoms with E-state index in [0.29, 0.717) is 12.0 Å². The summed E-state index contributed by atoms with van der Waals surface area (Å²) in [5, 5.41) is 14.8. The number of nitrogens with zero attached hydrogens (tertiary/aromatic N) is 4. The number of rotatable bonds is 6. The van der Waals surface area contributed by atoms with Crippen LogP contribution in [0, 0.1) is 5.92 Å². The Balaban J connectivity index is 0.00000243. The summed E-state index contributed by atoms with van der Waals surface area (Å²) in [5.41, 5.74) is 0. The summed E-state index contributed by atoms with van der Waals surface area (Å²) >= 11 is 1.82. The normalized spacial score (nSPS) is 16.8. The summed E-state index contributed by atoms with van der Waals surface area (Å²) in [4.78, 5) is 6.86. The summed E-state index contributed by atoms with van der Waals surface area (Å²) in [6, 6.07) is 6.78. The van der Waals surface area contributed by atoms with Crippen molar-refractivity contribution in [3.8, 4) is 0 Å². The average Bonchev–Trinajstić information content (AvgIpc) is 3.33. The number of hydrogen-bond acceptors (Lipinski definition) is 4. The van der Waals surface area contributed by atoms with Crippen molar-refractivity contribution in [3.05, 3.63) is 36.0 Å². The van der Waals surface area contributed by atoms with E-state index in [9.17, 15) is 0 Å². The number of thiophene rings is 1. The number of aromatic nitrogens is 2. The number of hydrogen-bond donors (Lipinski definition) is 2. The molecule has 26 heavy (non-hydrogen) atoms. The molecular weight excluding hydrogens is 459 g/mol. The van der Waals surface area contributed by atoms with Crippen molar-refractivity contribution >= 4 is 46.3 Å². The van der Waals surface area contributed by atoms with Gasteiger partial charge in [0, 0.05) is 51.7 Å². The van der Waals surface area contributed by atoms with E-state index < -0.39 is 0 Å². The van der Waals surface area contributed by atoms with Crippen LogP contribution in [0.5, 0.6) is 0 Å². The molecule has 0 radical (unpaired) electrons. The molecule has 1 saturated heterocycles. The third-order valence-corrected chi connectivity index (χ3v) is 5.48. The molecule has 0 aromatic carbocycles. The first-order chi connectivity index (χ1) is 12.2. The van der Waals surface area contributed by atoms with E-state index in [4.69, 9.17) is 0 Å². The standard InChI is InChI=1S/C18H28N6S.HI/c1-15(14-24-9-4-8-21-24)13-20-18(19-2)22-16-6-10-23(11-7-16)17-5-3-12-25-17;/h3-5,8-9,12,15-16H,6-7,10-11,13-14H2,1-2H3,(H2,19,20,22);1H. The van der Waals surface area contributed by atoms with Crippen LogP contribution in [0.25, 0.3) is 0 Å². The maximum absolute atomic E-state index is 4.38. The Hall–Kier alpha value is -1.29. The molecule has 3 rings (SSSR count). The second kappa shape index (κ2) is 10.8. The van der Waals surface area contributed by atoms with Gasteiger partial charge in [-0.25, -0.2) is 0 Å². The Bertz CT molecular complexity index is 635. The van der Waals surface area contributed by atoms with Gasteiger partial charge in [-0.15, -0.1) is 35.3 Å². The van der Waals surface area contributed by atoms with Crippen molar-refractivity contribution in [2.24, 2.45) is 10.9 Å². The zero-order valence-corrected chi connectivity index (χ0v) is 18.6. The minimum absolute atomic E-state index is 0. The molecule has 2 N–H and O–H groups in total. The lowest BCUT2D eigenvalue weighted by molar-refractivity contribution is 0.434. The first-order valence-electron chi connectivity index (χ1n) is 8.97. The molecule has 3 heterocycles. The molecule has 1 aliphatic rings. The smallest absolute Gasteiger partial charge is 0.191 e. The summed E-state index contributed by atoms with van der Waals surface area (Å²) in [6.45, 7) is 6.22. The van der Waals surface area contributed by atoms with E-state index in [1.807, 2.05) is 41.5 Å². The highest BCUT2D eigenvalue weighted by molar-refractivity contribution is 14.0. The first-order valence-corrected chi connectivity index (χ1v) is 9.85. The predicted molar refractivity (Wildman–Crippen MR) is 121 cm³/mol. The van der Waals surface area contributed by atoms with Crippen LogP contribution in [-0.4, -0.2) is 48.5 Å². The van der Waals surface area contributed by atoms with Gasteiger partial charge in [-0.05, 0) is 42.3 Å². The molecule has 0 spiro atoms. The fourth-order valence-corrected chi connectivity index (χ4v) is 3.93. The number of guanidine groups is 1. The van der Waals surface area contributed by atoms with Crippen molar-refractivity contribution in [3.63, 3.8) is 0 Å². The Labute approximate surface area is 177 Å². The van der Waals surface area contributed by atoms with Crippen LogP contribution < -0.4 is 15.5 Å². The lowest BCUT2D eigenvalue weighted by atomic mass is 10.1. The van der Waals surface area contributed by atoms with Crippen LogP contribution in [0.15, 0.2) is 41.0 Å². The van der Waals surface area contributed by atoms with Crippen molar-refractivity contribution in [1.29, 1.82) is 0 Å². The van der Waals surface area contributed by atoms with Gasteiger partial charge in [-0.1, -0.05) is 6.92 Å². The largest absolute Gasteiger partial charge is 0.363 e. The fourth-order valence-electron chi connectivity index (χ4n) is 3.15. The van der Waals surface area contributed by atoms with Crippen molar-refractivity contribution in [2.75, 3.05) is 31.6 Å². The summed E-state index contributed by atoms with van der Waals surface area (Å²) in [5.74, 6) is 1.39. The molecule has 1 aliphatic heterocycles. The quantitative estimate of drug-likeness (QED) is 0.373. The van der Waals surface area contributed by atoms with Gasteiger partial charge in [-0.3, -0.25) is 9.67 Å². The molecule has 0 aliphatic carbocycles. The first kappa shape index (κ1) is 21.0. The molecule has 0 amide bonds. The summed E-state index contributed by atoms with van der Waals surface area (Å²) < 4.78 is 1.98. The van der Waals surface area contributed by atoms with Crippen LogP contribution >= 0.6 is 35.3 Å². The molecule has 1 atom stereocenters. The second-order valence-corrected chi connectivity index (χ2v) is 7.57. The molecule has 1 unspecified atom stereocenters. The van der Waals surface area contributed by atoms with E-state index in [2.05, 4.69) is 50.1 Å². The van der Waals surface area contributed by atoms with Gasteiger partial charge < -0.3 is 15.5 Å². The number of piperidine rings is 1. The maximum Gasteiger partial charge on any atom is 0.191 e. The van der Waals surface area contributed by atoms with Gasteiger partial charge in [0.1, 0.15) is 0 Å². The second-order valence-electron chi connectivity index (χ2n) is 6.64. The highest BCUT2D eigenvalue weighted by Gasteiger charge is 2.20. The van der Waals surface area contributed by atoms with Crippen molar-refractivity contribution in [2.45, 2.75) is 32.4 Å². The SMILES string of the molecule is CN=C(NCC(C)Cn1cccn1)NC1CCN(c2cccs2)CC1.I. The predicted octanol–water partition coefficient (Wildman–Crippen LogP) is 3.03. The van der Waals surface area contributed by atoms with E-state index >= 15 is 0 Å². The van der Waals surface area contributed by atoms with Crippen molar-refractivity contribution < 1.29 is 0 Å². The zero-order chi connectivity index (χ0) is 17.5. The van der Waals surface area contributed by atoms with Crippen LogP contribution in [0.3, 0.4) is 0 Å². The molecule has 144 valence electrons. The minimum Gasteiger partial charge on any atom is -0.363 e. The third-order valence-electron chi connectivity index (χ3n) is 4.55. The number of aliphatic imine (C=N–C) groups is 1. The summed E-state index contributed by atoms with van der Waals surface area (Å²) in [6.07, 6.45) is 6.11. The topological polar surface area (TPSA) is 57.5 Å². The highest BCUT2D eigenvalue weighted by Crippen LogP contribution is 2.24. The number of anilines is 1. The van der Waals surface area contributed by atoms with Gasteiger partial charge in [0.25, 0.3) is 0 Å². The van der Waals surface area contributed by atoms with E-state index in [0.717, 1.165) is 45.0 Å². The molecule has 2 aromatic heterocycles. The molecule has 1 fully saturated rings. The molecule has 0 saturated carbocycles. The molecule has 0 bridgehead atoms. The van der Waals surface area contributed by atoms with Gasteiger partial charge in [0.15, 0.2) is 5.96 Å². The van der Waals surface area contributed by atoms with E-state index in [1.165, 1.54) is 5.00 Å². The van der Waals surface area contributed by atoms with E-state index in [1.54, 1.807) is 0 Å². The molecule has 8 heteroatoms. The Kier molecular flexibility index (Phi) is 8.70. The van der Waals surface area contributed by atoms with Gasteiger partial charge in [-0.2, -0.15) is 5.10 Å². The minimum atomic E-state index is 0. The Morgan fingerprint density at radius 2 is 2.19 bits per heavy atom. The third kappa shape index (κ3) is 6.15. The molecular formula is C18H29IN6S. The maximum atomic E-state index is 4.38. The van der Waals surface area contributed by atoms with Gasteiger partial charge in [0.2, 0.25) is 0 Å². The van der Waals surface area contributed by atoms with Crippen LogP contribution in [0.1, 0.15) is 19.8 Å². The fraction of sp³-hybridized carbons (Fsp3) is 0.556. The highest BCUT2D eigenvalue weighted by atomic mass is 127. The van der Waals surface area contributed by atoms with Gasteiger partial charge >= 0.3 is 0 Å². The van der Waals surface area contributed by atoms with E-state index in [-0.39, 0.29) is 24.0 Å². The van der Waals surface area contributed by atoms with Gasteiger partial charge in [0.05, 0.1) is 5.00 Å². The molecule has 6 nitrogen and oxygen atoms in total. The average molecular weight is 488 g/mol. The Morgan fingerprint density at radius 3 is 2.81 bits per heavy atom. The lowest BCUT2D eigenvalue weighted by Crippen LogP contribution is -2.49. The van der Waals surface area contributed by atoms with Crippen molar-refractivity contribution in [1.82, 2.24) is 20.4 Å². The Morgan fingerprint density at radius 1 is 1.38 bits per heavy atom. The number of nitrogens with one attached hydrogen (secondary N) is 2. The monoisotopic (exact) mass is 488 g/mol. The van der Waals surface area contributed by atoms with Crippen LogP contribution in [-0.2, 0) is 6.54 Å². The summed E-state index contributed by atoms with van der Waals surface area (Å²) in [7, 11) is 1.84. The van der Waals surface area contributed by atoms with Crippen LogP contribution in [0.2, 0.25) is 0 Å². The lowest BCUT2D eigenvalue weighted by Gasteiger charge is -2.33. The zero-order valence-electron chi connectivity index (χ0n) is 15.5.